The molecule has 30 heavy (non-hydrogen) atoms. The molecule has 1 fully saturated rings. The van der Waals surface area contributed by atoms with Crippen molar-refractivity contribution in [2.75, 3.05) is 16.8 Å². The van der Waals surface area contributed by atoms with Crippen molar-refractivity contribution in [3.63, 3.8) is 0 Å². The van der Waals surface area contributed by atoms with E-state index in [9.17, 15) is 14.0 Å². The number of nitrogens with zero attached hydrogens (tertiary/aromatic N) is 1. The van der Waals surface area contributed by atoms with Gasteiger partial charge in [0.2, 0.25) is 11.8 Å². The largest absolute Gasteiger partial charge is 0.457 e. The molecule has 7 heteroatoms. The van der Waals surface area contributed by atoms with Gasteiger partial charge in [-0.1, -0.05) is 15.9 Å². The van der Waals surface area contributed by atoms with Crippen LogP contribution in [0.1, 0.15) is 6.42 Å². The summed E-state index contributed by atoms with van der Waals surface area (Å²) in [6.07, 6.45) is 0.119. The number of hydrogen-bond donors (Lipinski definition) is 1. The van der Waals surface area contributed by atoms with Crippen molar-refractivity contribution in [3.8, 4) is 11.5 Å². The Balaban J connectivity index is 1.36. The molecule has 0 bridgehead atoms. The highest BCUT2D eigenvalue weighted by Crippen LogP contribution is 2.27. The Morgan fingerprint density at radius 3 is 2.20 bits per heavy atom. The molecule has 0 aromatic heterocycles. The van der Waals surface area contributed by atoms with Crippen LogP contribution in [0, 0.1) is 11.7 Å². The van der Waals surface area contributed by atoms with Crippen LogP contribution in [0.25, 0.3) is 0 Å². The van der Waals surface area contributed by atoms with E-state index < -0.39 is 5.92 Å². The lowest BCUT2D eigenvalue weighted by atomic mass is 10.1. The van der Waals surface area contributed by atoms with Crippen LogP contribution in [-0.2, 0) is 9.59 Å². The lowest BCUT2D eigenvalue weighted by Crippen LogP contribution is -2.28. The molecule has 4 rings (SSSR count). The zero-order valence-corrected chi connectivity index (χ0v) is 17.4. The Morgan fingerprint density at radius 2 is 1.57 bits per heavy atom. The number of carbonyl (C=O) groups is 2. The molecular formula is C23H18BrFN2O3. The van der Waals surface area contributed by atoms with E-state index >= 15 is 0 Å². The molecule has 152 valence electrons. The summed E-state index contributed by atoms with van der Waals surface area (Å²) in [7, 11) is 0. The minimum absolute atomic E-state index is 0.119. The molecule has 2 amide bonds. The topological polar surface area (TPSA) is 58.6 Å². The molecule has 1 heterocycles. The lowest BCUT2D eigenvalue weighted by Gasteiger charge is -2.16. The third kappa shape index (κ3) is 4.68. The highest BCUT2D eigenvalue weighted by Gasteiger charge is 2.35. The summed E-state index contributed by atoms with van der Waals surface area (Å²) >= 11 is 3.38. The summed E-state index contributed by atoms with van der Waals surface area (Å²) in [6, 6.07) is 20.2. The Labute approximate surface area is 181 Å². The molecule has 1 aliphatic heterocycles. The van der Waals surface area contributed by atoms with Gasteiger partial charge < -0.3 is 15.0 Å². The van der Waals surface area contributed by atoms with Gasteiger partial charge in [0, 0.05) is 28.8 Å². The van der Waals surface area contributed by atoms with Crippen LogP contribution in [0.15, 0.2) is 77.3 Å². The predicted octanol–water partition coefficient (Wildman–Crippen LogP) is 5.37. The maximum absolute atomic E-state index is 13.1. The number of hydrogen-bond acceptors (Lipinski definition) is 3. The summed E-state index contributed by atoms with van der Waals surface area (Å²) in [5, 5.41) is 2.84. The van der Waals surface area contributed by atoms with E-state index in [0.29, 0.717) is 22.9 Å². The molecule has 5 nitrogen and oxygen atoms in total. The van der Waals surface area contributed by atoms with E-state index in [0.717, 1.165) is 4.47 Å². The van der Waals surface area contributed by atoms with E-state index in [4.69, 9.17) is 4.74 Å². The first-order valence-electron chi connectivity index (χ1n) is 9.38. The zero-order valence-electron chi connectivity index (χ0n) is 15.8. The lowest BCUT2D eigenvalue weighted by molar-refractivity contribution is -0.122. The second-order valence-electron chi connectivity index (χ2n) is 6.95. The number of halogens is 2. The molecule has 1 N–H and O–H groups in total. The van der Waals surface area contributed by atoms with Gasteiger partial charge in [0.05, 0.1) is 5.92 Å². The third-order valence-corrected chi connectivity index (χ3v) is 5.33. The van der Waals surface area contributed by atoms with Crippen LogP contribution in [0.3, 0.4) is 0 Å². The molecule has 0 aliphatic carbocycles. The average molecular weight is 469 g/mol. The Hall–Kier alpha value is -3.19. The van der Waals surface area contributed by atoms with Gasteiger partial charge in [0.1, 0.15) is 17.3 Å². The first-order valence-corrected chi connectivity index (χ1v) is 10.2. The molecule has 3 aromatic rings. The molecule has 1 atom stereocenters. The molecule has 3 aromatic carbocycles. The van der Waals surface area contributed by atoms with E-state index in [1.54, 1.807) is 24.3 Å². The van der Waals surface area contributed by atoms with Crippen molar-refractivity contribution in [1.82, 2.24) is 0 Å². The van der Waals surface area contributed by atoms with Gasteiger partial charge in [0.15, 0.2) is 0 Å². The number of rotatable bonds is 5. The van der Waals surface area contributed by atoms with E-state index in [-0.39, 0.29) is 30.6 Å². The van der Waals surface area contributed by atoms with Gasteiger partial charge >= 0.3 is 0 Å². The summed E-state index contributed by atoms with van der Waals surface area (Å²) < 4.78 is 19.8. The quantitative estimate of drug-likeness (QED) is 0.547. The smallest absolute Gasteiger partial charge is 0.229 e. The number of carbonyl (C=O) groups excluding carboxylic acids is 2. The monoisotopic (exact) mass is 468 g/mol. The fourth-order valence-electron chi connectivity index (χ4n) is 3.24. The zero-order chi connectivity index (χ0) is 21.1. The van der Waals surface area contributed by atoms with Crippen LogP contribution in [0.5, 0.6) is 11.5 Å². The van der Waals surface area contributed by atoms with Crippen LogP contribution in [0.4, 0.5) is 15.8 Å². The van der Waals surface area contributed by atoms with Crippen LogP contribution >= 0.6 is 15.9 Å². The minimum Gasteiger partial charge on any atom is -0.457 e. The molecular weight excluding hydrogens is 451 g/mol. The first kappa shape index (κ1) is 20.1. The summed E-state index contributed by atoms with van der Waals surface area (Å²) in [4.78, 5) is 26.4. The van der Waals surface area contributed by atoms with E-state index in [2.05, 4.69) is 21.2 Å². The Morgan fingerprint density at radius 1 is 0.967 bits per heavy atom. The fraction of sp³-hybridized carbons (Fsp3) is 0.130. The summed E-state index contributed by atoms with van der Waals surface area (Å²) in [6.45, 7) is 0.265. The van der Waals surface area contributed by atoms with E-state index in [1.807, 2.05) is 24.3 Å². The third-order valence-electron chi connectivity index (χ3n) is 4.81. The van der Waals surface area contributed by atoms with E-state index in [1.165, 1.54) is 29.2 Å². The minimum atomic E-state index is -0.471. The van der Waals surface area contributed by atoms with Crippen molar-refractivity contribution < 1.29 is 18.7 Å². The van der Waals surface area contributed by atoms with Crippen molar-refractivity contribution in [1.29, 1.82) is 0 Å². The number of nitrogens with one attached hydrogen (secondary N) is 1. The summed E-state index contributed by atoms with van der Waals surface area (Å²) in [5.74, 6) is 0.136. The molecule has 0 saturated carbocycles. The van der Waals surface area contributed by atoms with Gasteiger partial charge in [-0.3, -0.25) is 9.59 Å². The van der Waals surface area contributed by atoms with Gasteiger partial charge in [-0.25, -0.2) is 4.39 Å². The highest BCUT2D eigenvalue weighted by atomic mass is 79.9. The molecule has 0 spiro atoms. The van der Waals surface area contributed by atoms with Gasteiger partial charge in [-0.15, -0.1) is 0 Å². The van der Waals surface area contributed by atoms with Gasteiger partial charge in [-0.05, 0) is 72.8 Å². The van der Waals surface area contributed by atoms with Crippen molar-refractivity contribution in [2.45, 2.75) is 6.42 Å². The maximum atomic E-state index is 13.1. The fourth-order valence-corrected chi connectivity index (χ4v) is 3.51. The molecule has 0 unspecified atom stereocenters. The second-order valence-corrected chi connectivity index (χ2v) is 7.87. The van der Waals surface area contributed by atoms with Crippen LogP contribution < -0.4 is 15.0 Å². The average Bonchev–Trinajstić information content (AvgIpc) is 3.13. The van der Waals surface area contributed by atoms with Crippen LogP contribution in [0.2, 0.25) is 0 Å². The molecule has 1 aliphatic rings. The predicted molar refractivity (Wildman–Crippen MR) is 116 cm³/mol. The number of anilines is 2. The SMILES string of the molecule is O=C(Nc1ccc(Oc2ccc(Br)cc2)cc1)[C@@H]1CC(=O)N(c2ccc(F)cc2)C1. The van der Waals surface area contributed by atoms with Crippen molar-refractivity contribution in [3.05, 3.63) is 83.1 Å². The van der Waals surface area contributed by atoms with Crippen LogP contribution in [-0.4, -0.2) is 18.4 Å². The number of ether oxygens (including phenoxy) is 1. The summed E-state index contributed by atoms with van der Waals surface area (Å²) in [5.41, 5.74) is 1.21. The van der Waals surface area contributed by atoms with Crippen molar-refractivity contribution in [2.24, 2.45) is 5.92 Å². The Kier molecular flexibility index (Phi) is 5.81. The normalized spacial score (nSPS) is 15.9. The number of amides is 2. The maximum Gasteiger partial charge on any atom is 0.229 e. The standard InChI is InChI=1S/C23H18BrFN2O3/c24-16-1-9-20(10-2-16)30-21-11-5-18(6-12-21)26-23(29)15-13-22(28)27(14-15)19-7-3-17(25)4-8-19/h1-12,15H,13-14H2,(H,26,29)/t15-/m1/s1. The Bertz CT molecular complexity index is 1050. The highest BCUT2D eigenvalue weighted by molar-refractivity contribution is 9.10. The van der Waals surface area contributed by atoms with Gasteiger partial charge in [0.25, 0.3) is 0 Å². The first-order chi connectivity index (χ1) is 14.5. The molecule has 0 radical (unpaired) electrons. The van der Waals surface area contributed by atoms with Gasteiger partial charge in [-0.2, -0.15) is 0 Å². The molecule has 1 saturated heterocycles. The van der Waals surface area contributed by atoms with Crippen molar-refractivity contribution >= 4 is 39.1 Å². The second kappa shape index (κ2) is 8.67. The number of benzene rings is 3.